The number of methoxy groups -OCH3 is 2. The van der Waals surface area contributed by atoms with Crippen LogP contribution < -0.4 is 9.47 Å². The number of benzene rings is 2. The number of ether oxygens (including phenoxy) is 2. The molecule has 0 aliphatic carbocycles. The Kier molecular flexibility index (Phi) is 7.62. The van der Waals surface area contributed by atoms with E-state index < -0.39 is 0 Å². The molecule has 0 bridgehead atoms. The summed E-state index contributed by atoms with van der Waals surface area (Å²) < 4.78 is 16.5. The Morgan fingerprint density at radius 1 is 0.949 bits per heavy atom. The summed E-state index contributed by atoms with van der Waals surface area (Å²) in [6.07, 6.45) is 9.29. The van der Waals surface area contributed by atoms with Crippen molar-refractivity contribution < 1.29 is 13.9 Å². The number of hydrogen-bond donors (Lipinski definition) is 1. The van der Waals surface area contributed by atoms with E-state index in [-0.39, 0.29) is 0 Å². The molecular formula is C32H40N4O3. The zero-order valence-electron chi connectivity index (χ0n) is 23.4. The number of fused-ring (bicyclic) bond motifs is 1. The molecule has 2 aromatic carbocycles. The van der Waals surface area contributed by atoms with Gasteiger partial charge >= 0.3 is 0 Å². The van der Waals surface area contributed by atoms with E-state index in [0.717, 1.165) is 48.9 Å². The van der Waals surface area contributed by atoms with Crippen LogP contribution in [-0.2, 0) is 13.0 Å². The second-order valence-corrected chi connectivity index (χ2v) is 11.0. The van der Waals surface area contributed by atoms with Crippen LogP contribution in [0.4, 0.5) is 0 Å². The third-order valence-electron chi connectivity index (χ3n) is 8.89. The Balaban J connectivity index is 1.12. The summed E-state index contributed by atoms with van der Waals surface area (Å²) in [5, 5.41) is 1.35. The van der Waals surface area contributed by atoms with E-state index >= 15 is 0 Å². The Bertz CT molecular complexity index is 1380. The van der Waals surface area contributed by atoms with Gasteiger partial charge in [-0.1, -0.05) is 13.0 Å². The van der Waals surface area contributed by atoms with E-state index in [1.165, 1.54) is 72.9 Å². The molecule has 2 aliphatic rings. The van der Waals surface area contributed by atoms with Crippen molar-refractivity contribution in [1.82, 2.24) is 19.8 Å². The maximum absolute atomic E-state index is 5.57. The zero-order chi connectivity index (χ0) is 26.8. The fourth-order valence-corrected chi connectivity index (χ4v) is 6.71. The summed E-state index contributed by atoms with van der Waals surface area (Å²) >= 11 is 0. The molecule has 2 saturated heterocycles. The van der Waals surface area contributed by atoms with Crippen molar-refractivity contribution in [3.8, 4) is 22.8 Å². The van der Waals surface area contributed by atoms with E-state index in [1.54, 1.807) is 14.2 Å². The van der Waals surface area contributed by atoms with E-state index in [1.807, 2.05) is 12.3 Å². The number of nitrogens with one attached hydrogen (secondary N) is 1. The van der Waals surface area contributed by atoms with Crippen LogP contribution in [0.25, 0.3) is 22.2 Å². The number of oxazole rings is 1. The number of H-pyrrole nitrogens is 1. The second-order valence-electron chi connectivity index (χ2n) is 11.0. The first-order valence-electron chi connectivity index (χ1n) is 14.4. The molecule has 4 heterocycles. The lowest BCUT2D eigenvalue weighted by Gasteiger charge is -2.41. The fraction of sp³-hybridized carbons (Fsp3) is 0.469. The summed E-state index contributed by atoms with van der Waals surface area (Å²) in [6.45, 7) is 7.79. The van der Waals surface area contributed by atoms with Crippen LogP contribution in [0.5, 0.6) is 11.5 Å². The first-order chi connectivity index (χ1) is 19.2. The van der Waals surface area contributed by atoms with Crippen molar-refractivity contribution in [2.24, 2.45) is 0 Å². The molecule has 4 aromatic rings. The first kappa shape index (κ1) is 26.0. The number of aryl methyl sites for hydroxylation is 1. The minimum Gasteiger partial charge on any atom is -0.493 e. The van der Waals surface area contributed by atoms with E-state index in [4.69, 9.17) is 13.9 Å². The highest BCUT2D eigenvalue weighted by atomic mass is 16.5. The van der Waals surface area contributed by atoms with Crippen LogP contribution in [0.1, 0.15) is 55.4 Å². The molecule has 2 fully saturated rings. The Hall–Kier alpha value is -3.29. The molecule has 0 atom stereocenters. The predicted molar refractivity (Wildman–Crippen MR) is 155 cm³/mol. The van der Waals surface area contributed by atoms with Gasteiger partial charge in [-0.05, 0) is 92.6 Å². The first-order valence-corrected chi connectivity index (χ1v) is 14.4. The quantitative estimate of drug-likeness (QED) is 0.292. The van der Waals surface area contributed by atoms with Crippen LogP contribution in [0.3, 0.4) is 0 Å². The summed E-state index contributed by atoms with van der Waals surface area (Å²) in [7, 11) is 3.36. The van der Waals surface area contributed by atoms with Gasteiger partial charge < -0.3 is 23.8 Å². The van der Waals surface area contributed by atoms with Crippen molar-refractivity contribution >= 4 is 10.9 Å². The molecule has 0 radical (unpaired) electrons. The summed E-state index contributed by atoms with van der Waals surface area (Å²) in [4.78, 5) is 13.0. The topological polar surface area (TPSA) is 66.8 Å². The highest BCUT2D eigenvalue weighted by Crippen LogP contribution is 2.38. The highest BCUT2D eigenvalue weighted by Gasteiger charge is 2.29. The van der Waals surface area contributed by atoms with Gasteiger partial charge in [0.05, 0.1) is 27.0 Å². The van der Waals surface area contributed by atoms with Crippen molar-refractivity contribution in [3.05, 3.63) is 65.9 Å². The van der Waals surface area contributed by atoms with Gasteiger partial charge in [0.1, 0.15) is 5.76 Å². The molecule has 206 valence electrons. The lowest BCUT2D eigenvalue weighted by molar-refractivity contribution is 0.0818. The molecule has 2 aliphatic heterocycles. The predicted octanol–water partition coefficient (Wildman–Crippen LogP) is 6.25. The normalized spacial score (nSPS) is 18.1. The molecule has 1 N–H and O–H groups in total. The molecule has 0 amide bonds. The monoisotopic (exact) mass is 528 g/mol. The smallest absolute Gasteiger partial charge is 0.180 e. The maximum Gasteiger partial charge on any atom is 0.180 e. The third kappa shape index (κ3) is 5.30. The van der Waals surface area contributed by atoms with Crippen molar-refractivity contribution in [2.75, 3.05) is 40.4 Å². The fourth-order valence-electron chi connectivity index (χ4n) is 6.71. The molecular weight excluding hydrogens is 488 g/mol. The summed E-state index contributed by atoms with van der Waals surface area (Å²) in [6, 6.07) is 14.0. The van der Waals surface area contributed by atoms with Gasteiger partial charge in [0, 0.05) is 41.3 Å². The Morgan fingerprint density at radius 3 is 2.44 bits per heavy atom. The van der Waals surface area contributed by atoms with Gasteiger partial charge in [-0.15, -0.1) is 0 Å². The third-order valence-corrected chi connectivity index (χ3v) is 8.89. The lowest BCUT2D eigenvalue weighted by atomic mass is 9.87. The number of hydrogen-bond acceptors (Lipinski definition) is 6. The average molecular weight is 529 g/mol. The molecule has 2 aromatic heterocycles. The Morgan fingerprint density at radius 2 is 1.74 bits per heavy atom. The molecule has 7 nitrogen and oxygen atoms in total. The SMILES string of the molecule is CCc1c(-c2ccc(OC)c(OC)c2)[nH]c2ccc(C3CCN(C4CCN(Cc5cnco5)CC4)CC3)cc12. The van der Waals surface area contributed by atoms with Crippen molar-refractivity contribution in [1.29, 1.82) is 0 Å². The average Bonchev–Trinajstić information content (AvgIpc) is 3.64. The van der Waals surface area contributed by atoms with Crippen LogP contribution in [-0.4, -0.2) is 66.2 Å². The molecule has 39 heavy (non-hydrogen) atoms. The van der Waals surface area contributed by atoms with Gasteiger partial charge in [-0.2, -0.15) is 0 Å². The van der Waals surface area contributed by atoms with E-state index in [2.05, 4.69) is 57.0 Å². The maximum atomic E-state index is 5.57. The largest absolute Gasteiger partial charge is 0.493 e. The molecule has 0 saturated carbocycles. The van der Waals surface area contributed by atoms with Crippen LogP contribution in [0.2, 0.25) is 0 Å². The number of piperidine rings is 2. The van der Waals surface area contributed by atoms with Crippen molar-refractivity contribution in [2.45, 2.75) is 57.5 Å². The highest BCUT2D eigenvalue weighted by molar-refractivity contribution is 5.91. The van der Waals surface area contributed by atoms with Gasteiger partial charge in [-0.3, -0.25) is 4.90 Å². The number of rotatable bonds is 8. The number of aromatic amines is 1. The van der Waals surface area contributed by atoms with Gasteiger partial charge in [0.15, 0.2) is 17.9 Å². The van der Waals surface area contributed by atoms with Crippen molar-refractivity contribution in [3.63, 3.8) is 0 Å². The van der Waals surface area contributed by atoms with Gasteiger partial charge in [0.25, 0.3) is 0 Å². The standard InChI is InChI=1S/C32H40N4O3/c1-4-27-28-17-23(5-7-29(28)34-32(27)24-6-8-30(37-2)31(18-24)38-3)22-9-15-36(16-10-22)25-11-13-35(14-12-25)20-26-19-33-21-39-26/h5-8,17-19,21-22,25,34H,4,9-16,20H2,1-3H3. The number of likely N-dealkylation sites (tertiary alicyclic amines) is 2. The molecule has 0 unspecified atom stereocenters. The van der Waals surface area contributed by atoms with E-state index in [0.29, 0.717) is 12.0 Å². The van der Waals surface area contributed by atoms with Gasteiger partial charge in [-0.25, -0.2) is 4.98 Å². The zero-order valence-corrected chi connectivity index (χ0v) is 23.4. The van der Waals surface area contributed by atoms with Crippen LogP contribution >= 0.6 is 0 Å². The minimum atomic E-state index is 0.626. The van der Waals surface area contributed by atoms with Crippen LogP contribution in [0.15, 0.2) is 53.4 Å². The number of aromatic nitrogens is 2. The lowest BCUT2D eigenvalue weighted by Crippen LogP contribution is -2.47. The minimum absolute atomic E-state index is 0.626. The summed E-state index contributed by atoms with van der Waals surface area (Å²) in [5.41, 5.74) is 6.36. The molecule has 6 rings (SSSR count). The molecule has 0 spiro atoms. The summed E-state index contributed by atoms with van der Waals surface area (Å²) in [5.74, 6) is 3.10. The van der Waals surface area contributed by atoms with Gasteiger partial charge in [0.2, 0.25) is 0 Å². The number of nitrogens with zero attached hydrogens (tertiary/aromatic N) is 3. The Labute approximate surface area is 231 Å². The molecule has 7 heteroatoms. The second kappa shape index (κ2) is 11.4. The van der Waals surface area contributed by atoms with E-state index in [9.17, 15) is 0 Å². The van der Waals surface area contributed by atoms with Crippen LogP contribution in [0, 0.1) is 0 Å².